The van der Waals surface area contributed by atoms with Gasteiger partial charge in [0.1, 0.15) is 5.75 Å². The number of benzene rings is 1. The van der Waals surface area contributed by atoms with Crippen molar-refractivity contribution in [1.29, 1.82) is 0 Å². The molecule has 2 aliphatic rings. The minimum Gasteiger partial charge on any atom is -0.489 e. The van der Waals surface area contributed by atoms with E-state index < -0.39 is 0 Å². The summed E-state index contributed by atoms with van der Waals surface area (Å²) < 4.78 is 6.08. The molecular weight excluding hydrogens is 319 g/mol. The Hall–Kier alpha value is -0.480. The Bertz CT molecular complexity index is 512. The fraction of sp³-hybridized carbons (Fsp3) is 0.647. The highest BCUT2D eigenvalue weighted by Gasteiger charge is 2.31. The first kappa shape index (κ1) is 16.4. The fourth-order valence-corrected chi connectivity index (χ4v) is 3.92. The van der Waals surface area contributed by atoms with E-state index in [9.17, 15) is 0 Å². The molecule has 22 heavy (non-hydrogen) atoms. The van der Waals surface area contributed by atoms with Gasteiger partial charge >= 0.3 is 0 Å². The quantitative estimate of drug-likeness (QED) is 0.846. The molecule has 1 aliphatic carbocycles. The van der Waals surface area contributed by atoms with E-state index in [0.717, 1.165) is 61.3 Å². The van der Waals surface area contributed by atoms with Crippen LogP contribution in [0.1, 0.15) is 31.2 Å². The van der Waals surface area contributed by atoms with E-state index in [4.69, 9.17) is 27.9 Å². The van der Waals surface area contributed by atoms with Crippen LogP contribution in [0.15, 0.2) is 12.1 Å². The van der Waals surface area contributed by atoms with Crippen molar-refractivity contribution < 1.29 is 4.74 Å². The summed E-state index contributed by atoms with van der Waals surface area (Å²) in [6.45, 7) is 4.15. The van der Waals surface area contributed by atoms with Crippen LogP contribution in [0.3, 0.4) is 0 Å². The van der Waals surface area contributed by atoms with E-state index >= 15 is 0 Å². The van der Waals surface area contributed by atoms with Crippen molar-refractivity contribution in [3.63, 3.8) is 0 Å². The van der Waals surface area contributed by atoms with Gasteiger partial charge in [0.2, 0.25) is 0 Å². The van der Waals surface area contributed by atoms with Gasteiger partial charge in [-0.05, 0) is 70.4 Å². The lowest BCUT2D eigenvalue weighted by Crippen LogP contribution is -2.38. The van der Waals surface area contributed by atoms with E-state index in [0.29, 0.717) is 5.02 Å². The van der Waals surface area contributed by atoms with Crippen LogP contribution in [0.25, 0.3) is 0 Å². The normalized spacial score (nSPS) is 25.2. The second-order valence-corrected chi connectivity index (χ2v) is 7.24. The number of hydrogen-bond acceptors (Lipinski definition) is 3. The number of halogens is 2. The number of hydrogen-bond donors (Lipinski definition) is 1. The molecule has 2 fully saturated rings. The zero-order chi connectivity index (χ0) is 15.5. The smallest absolute Gasteiger partial charge is 0.138 e. The largest absolute Gasteiger partial charge is 0.489 e. The number of nitrogens with one attached hydrogen (secondary N) is 1. The summed E-state index contributed by atoms with van der Waals surface area (Å²) in [5.74, 6) is 1.51. The summed E-state index contributed by atoms with van der Waals surface area (Å²) in [6.07, 6.45) is 5.01. The molecule has 1 aromatic rings. The van der Waals surface area contributed by atoms with Crippen molar-refractivity contribution in [1.82, 2.24) is 10.2 Å². The third-order valence-corrected chi connectivity index (χ3v) is 5.48. The SMILES string of the molecule is CNCC1CC(Oc2ccc(Cl)c(CN3CCCC3)c2Cl)C1. The van der Waals surface area contributed by atoms with Crippen LogP contribution in [0.2, 0.25) is 10.0 Å². The van der Waals surface area contributed by atoms with Crippen LogP contribution in [0.5, 0.6) is 5.75 Å². The summed E-state index contributed by atoms with van der Waals surface area (Å²) in [5.41, 5.74) is 1.01. The fourth-order valence-electron chi connectivity index (χ4n) is 3.38. The van der Waals surface area contributed by atoms with Crippen LogP contribution in [-0.2, 0) is 6.54 Å². The molecule has 122 valence electrons. The second-order valence-electron chi connectivity index (χ2n) is 6.46. The molecule has 0 unspecified atom stereocenters. The van der Waals surface area contributed by atoms with Crippen LogP contribution in [0, 0.1) is 5.92 Å². The Morgan fingerprint density at radius 2 is 1.95 bits per heavy atom. The molecule has 1 saturated heterocycles. The average molecular weight is 343 g/mol. The highest BCUT2D eigenvalue weighted by Crippen LogP contribution is 2.38. The minimum atomic E-state index is 0.289. The maximum absolute atomic E-state index is 6.57. The van der Waals surface area contributed by atoms with E-state index in [1.807, 2.05) is 19.2 Å². The third kappa shape index (κ3) is 3.70. The monoisotopic (exact) mass is 342 g/mol. The standard InChI is InChI=1S/C17H24Cl2N2O/c1-20-10-12-8-13(9-12)22-16-5-4-15(18)14(17(16)19)11-21-6-2-3-7-21/h4-5,12-13,20H,2-3,6-11H2,1H3. The highest BCUT2D eigenvalue weighted by atomic mass is 35.5. The predicted octanol–water partition coefficient (Wildman–Crippen LogP) is 3.97. The van der Waals surface area contributed by atoms with Gasteiger partial charge in [-0.15, -0.1) is 0 Å². The Balaban J connectivity index is 1.64. The zero-order valence-electron chi connectivity index (χ0n) is 13.1. The van der Waals surface area contributed by atoms with Crippen molar-refractivity contribution in [3.05, 3.63) is 27.7 Å². The Morgan fingerprint density at radius 1 is 1.23 bits per heavy atom. The lowest BCUT2D eigenvalue weighted by molar-refractivity contribution is 0.0657. The van der Waals surface area contributed by atoms with Gasteiger partial charge in [-0.25, -0.2) is 0 Å². The number of rotatable bonds is 6. The second kappa shape index (κ2) is 7.39. The lowest BCUT2D eigenvalue weighted by atomic mass is 9.82. The van der Waals surface area contributed by atoms with Gasteiger partial charge < -0.3 is 10.1 Å². The Morgan fingerprint density at radius 3 is 2.64 bits per heavy atom. The Kier molecular flexibility index (Phi) is 5.50. The van der Waals surface area contributed by atoms with Crippen LogP contribution < -0.4 is 10.1 Å². The molecular formula is C17H24Cl2N2O. The van der Waals surface area contributed by atoms with E-state index in [1.54, 1.807) is 0 Å². The summed E-state index contributed by atoms with van der Waals surface area (Å²) in [6, 6.07) is 3.82. The van der Waals surface area contributed by atoms with Crippen molar-refractivity contribution in [2.45, 2.75) is 38.3 Å². The summed E-state index contributed by atoms with van der Waals surface area (Å²) >= 11 is 12.9. The van der Waals surface area contributed by atoms with E-state index in [2.05, 4.69) is 10.2 Å². The molecule has 0 aromatic heterocycles. The summed E-state index contributed by atoms with van der Waals surface area (Å²) in [5, 5.41) is 4.65. The summed E-state index contributed by atoms with van der Waals surface area (Å²) in [4.78, 5) is 2.41. The number of likely N-dealkylation sites (tertiary alicyclic amines) is 1. The molecule has 3 rings (SSSR count). The molecule has 1 saturated carbocycles. The van der Waals surface area contributed by atoms with Gasteiger partial charge in [0.15, 0.2) is 0 Å². The van der Waals surface area contributed by atoms with E-state index in [1.165, 1.54) is 12.8 Å². The molecule has 0 atom stereocenters. The molecule has 1 aromatic carbocycles. The molecule has 0 radical (unpaired) electrons. The average Bonchev–Trinajstić information content (AvgIpc) is 2.97. The predicted molar refractivity (Wildman–Crippen MR) is 92.0 cm³/mol. The number of nitrogens with zero attached hydrogens (tertiary/aromatic N) is 1. The molecule has 1 N–H and O–H groups in total. The molecule has 0 spiro atoms. The van der Waals surface area contributed by atoms with Crippen molar-refractivity contribution in [3.8, 4) is 5.75 Å². The first-order valence-corrected chi connectivity index (χ1v) is 8.93. The van der Waals surface area contributed by atoms with Gasteiger partial charge in [-0.3, -0.25) is 4.90 Å². The Labute approximate surface area is 142 Å². The topological polar surface area (TPSA) is 24.5 Å². The zero-order valence-corrected chi connectivity index (χ0v) is 14.6. The molecule has 1 heterocycles. The maximum Gasteiger partial charge on any atom is 0.138 e. The molecule has 5 heteroatoms. The van der Waals surface area contributed by atoms with Crippen LogP contribution >= 0.6 is 23.2 Å². The third-order valence-electron chi connectivity index (χ3n) is 4.71. The van der Waals surface area contributed by atoms with Gasteiger partial charge in [0, 0.05) is 17.1 Å². The summed E-state index contributed by atoms with van der Waals surface area (Å²) in [7, 11) is 1.99. The van der Waals surface area contributed by atoms with Crippen LogP contribution in [-0.4, -0.2) is 37.7 Å². The highest BCUT2D eigenvalue weighted by molar-refractivity contribution is 6.36. The lowest BCUT2D eigenvalue weighted by Gasteiger charge is -2.35. The van der Waals surface area contributed by atoms with Gasteiger partial charge in [-0.2, -0.15) is 0 Å². The molecule has 1 aliphatic heterocycles. The first-order chi connectivity index (χ1) is 10.7. The minimum absolute atomic E-state index is 0.289. The van der Waals surface area contributed by atoms with E-state index in [-0.39, 0.29) is 6.10 Å². The first-order valence-electron chi connectivity index (χ1n) is 8.18. The maximum atomic E-state index is 6.57. The van der Waals surface area contributed by atoms with Crippen molar-refractivity contribution >= 4 is 23.2 Å². The van der Waals surface area contributed by atoms with Crippen molar-refractivity contribution in [2.75, 3.05) is 26.7 Å². The van der Waals surface area contributed by atoms with Gasteiger partial charge in [0.05, 0.1) is 11.1 Å². The molecule has 0 amide bonds. The van der Waals surface area contributed by atoms with Crippen molar-refractivity contribution in [2.24, 2.45) is 5.92 Å². The van der Waals surface area contributed by atoms with Gasteiger partial charge in [-0.1, -0.05) is 23.2 Å². The number of ether oxygens (including phenoxy) is 1. The van der Waals surface area contributed by atoms with Gasteiger partial charge in [0.25, 0.3) is 0 Å². The molecule has 3 nitrogen and oxygen atoms in total. The molecule has 0 bridgehead atoms. The van der Waals surface area contributed by atoms with Crippen LogP contribution in [0.4, 0.5) is 0 Å².